The van der Waals surface area contributed by atoms with Crippen molar-refractivity contribution in [2.45, 2.75) is 0 Å². The van der Waals surface area contributed by atoms with E-state index < -0.39 is 11.8 Å². The summed E-state index contributed by atoms with van der Waals surface area (Å²) in [4.78, 5) is 33.5. The van der Waals surface area contributed by atoms with E-state index in [4.69, 9.17) is 23.7 Å². The average Bonchev–Trinajstić information content (AvgIpc) is 3.69. The van der Waals surface area contributed by atoms with Crippen molar-refractivity contribution >= 4 is 44.8 Å². The van der Waals surface area contributed by atoms with Crippen molar-refractivity contribution in [1.29, 1.82) is 0 Å². The number of nitrogens with one attached hydrogen (secondary N) is 2. The molecule has 13 heteroatoms. The molecule has 2 aromatic carbocycles. The molecule has 6 rings (SSSR count). The highest BCUT2D eigenvalue weighted by Gasteiger charge is 2.18. The summed E-state index contributed by atoms with van der Waals surface area (Å²) < 4.78 is 26.8. The molecule has 2 amide bonds. The first-order valence-corrected chi connectivity index (χ1v) is 14.2. The molecule has 208 valence electrons. The molecule has 2 aliphatic rings. The zero-order valence-electron chi connectivity index (χ0n) is 21.3. The summed E-state index contributed by atoms with van der Waals surface area (Å²) in [5.74, 6) is 0.770. The maximum absolute atomic E-state index is 12.3. The summed E-state index contributed by atoms with van der Waals surface area (Å²) in [6.07, 6.45) is 2.61. The van der Waals surface area contributed by atoms with Gasteiger partial charge >= 0.3 is 0 Å². The van der Waals surface area contributed by atoms with Crippen LogP contribution >= 0.6 is 22.7 Å². The van der Waals surface area contributed by atoms with Gasteiger partial charge in [-0.05, 0) is 48.5 Å². The number of amides is 2. The summed E-state index contributed by atoms with van der Waals surface area (Å²) in [5, 5.41) is 10.1. The van der Waals surface area contributed by atoms with Crippen molar-refractivity contribution in [2.24, 2.45) is 0 Å². The van der Waals surface area contributed by atoms with Crippen molar-refractivity contribution < 1.29 is 33.3 Å². The maximum Gasteiger partial charge on any atom is 0.295 e. The van der Waals surface area contributed by atoms with E-state index in [1.54, 1.807) is 0 Å². The van der Waals surface area contributed by atoms with Gasteiger partial charge in [-0.1, -0.05) is 0 Å². The Balaban J connectivity index is 1.04. The molecule has 4 heterocycles. The van der Waals surface area contributed by atoms with E-state index in [9.17, 15) is 9.59 Å². The minimum Gasteiger partial charge on any atom is -0.494 e. The number of thiazole rings is 2. The largest absolute Gasteiger partial charge is 0.494 e. The molecule has 0 fully saturated rings. The average molecular weight is 591 g/mol. The number of ether oxygens (including phenoxy) is 5. The Bertz CT molecular complexity index is 1490. The SMILES string of the molecule is O=C(Nc1nc(-c2ccc(Oc3ccc(-c4csc(NC(=O)C5=COCCO5)n4)cc3)cc2)cs1)C1=COCCO1. The zero-order chi connectivity index (χ0) is 28.0. The first-order chi connectivity index (χ1) is 20.1. The van der Waals surface area contributed by atoms with Crippen LogP contribution in [0.1, 0.15) is 0 Å². The minimum absolute atomic E-state index is 0.127. The Morgan fingerprint density at radius 3 is 1.49 bits per heavy atom. The fraction of sp³-hybridized carbons (Fsp3) is 0.143. The third kappa shape index (κ3) is 6.48. The van der Waals surface area contributed by atoms with E-state index in [-0.39, 0.29) is 11.5 Å². The Morgan fingerprint density at radius 2 is 1.10 bits per heavy atom. The lowest BCUT2D eigenvalue weighted by molar-refractivity contribution is -0.118. The summed E-state index contributed by atoms with van der Waals surface area (Å²) in [5.41, 5.74) is 3.22. The Hall–Kier alpha value is -4.88. The molecule has 0 saturated carbocycles. The fourth-order valence-electron chi connectivity index (χ4n) is 3.74. The fourth-order valence-corrected chi connectivity index (χ4v) is 5.17. The number of carbonyl (C=O) groups excluding carboxylic acids is 2. The minimum atomic E-state index is -0.402. The van der Waals surface area contributed by atoms with Gasteiger partial charge in [0.25, 0.3) is 11.8 Å². The number of rotatable bonds is 8. The first kappa shape index (κ1) is 26.3. The first-order valence-electron chi connectivity index (χ1n) is 12.4. The van der Waals surface area contributed by atoms with Crippen molar-refractivity contribution in [3.63, 3.8) is 0 Å². The van der Waals surface area contributed by atoms with Crippen LogP contribution in [0, 0.1) is 0 Å². The molecule has 0 unspecified atom stereocenters. The van der Waals surface area contributed by atoms with E-state index in [1.807, 2.05) is 59.3 Å². The van der Waals surface area contributed by atoms with Gasteiger partial charge in [0.05, 0.1) is 11.4 Å². The molecular formula is C28H22N4O7S2. The topological polar surface area (TPSA) is 130 Å². The summed E-state index contributed by atoms with van der Waals surface area (Å²) in [7, 11) is 0. The van der Waals surface area contributed by atoms with E-state index in [0.29, 0.717) is 48.2 Å². The molecule has 2 N–H and O–H groups in total. The van der Waals surface area contributed by atoms with Crippen LogP contribution in [-0.4, -0.2) is 48.2 Å². The second kappa shape index (κ2) is 12.1. The van der Waals surface area contributed by atoms with Crippen LogP contribution in [0.5, 0.6) is 11.5 Å². The van der Waals surface area contributed by atoms with E-state index in [2.05, 4.69) is 20.6 Å². The molecule has 2 aromatic heterocycles. The number of benzene rings is 2. The molecule has 0 bridgehead atoms. The lowest BCUT2D eigenvalue weighted by Crippen LogP contribution is -2.21. The summed E-state index contributed by atoms with van der Waals surface area (Å²) in [6.45, 7) is 1.51. The number of aromatic nitrogens is 2. The van der Waals surface area contributed by atoms with Crippen LogP contribution in [0.3, 0.4) is 0 Å². The molecule has 4 aromatic rings. The highest BCUT2D eigenvalue weighted by Crippen LogP contribution is 2.31. The summed E-state index contributed by atoms with van der Waals surface area (Å²) in [6, 6.07) is 15.0. The monoisotopic (exact) mass is 590 g/mol. The molecule has 0 aliphatic carbocycles. The Labute approximate surface area is 242 Å². The van der Waals surface area contributed by atoms with Crippen LogP contribution in [0.4, 0.5) is 10.3 Å². The van der Waals surface area contributed by atoms with Crippen LogP contribution in [-0.2, 0) is 28.5 Å². The number of nitrogens with zero attached hydrogens (tertiary/aromatic N) is 2. The molecule has 2 aliphatic heterocycles. The standard InChI is InChI=1S/C28H22N4O7S2/c33-25(23-13-35-9-11-37-23)31-27-29-21(15-40-27)17-1-5-19(6-2-17)39-20-7-3-18(4-8-20)22-16-41-28(30-22)32-26(34)24-14-36-10-12-38-24/h1-8,13-16H,9-12H2,(H,29,31,33)(H,30,32,34). The second-order valence-corrected chi connectivity index (χ2v) is 10.3. The van der Waals surface area contributed by atoms with Crippen molar-refractivity contribution in [3.8, 4) is 34.0 Å². The van der Waals surface area contributed by atoms with Crippen LogP contribution in [0.15, 0.2) is 83.3 Å². The quantitative estimate of drug-likeness (QED) is 0.278. The van der Waals surface area contributed by atoms with Crippen molar-refractivity contribution in [2.75, 3.05) is 37.1 Å². The third-order valence-electron chi connectivity index (χ3n) is 5.73. The van der Waals surface area contributed by atoms with Gasteiger partial charge < -0.3 is 23.7 Å². The van der Waals surface area contributed by atoms with E-state index in [1.165, 1.54) is 35.2 Å². The van der Waals surface area contributed by atoms with Gasteiger partial charge in [0.2, 0.25) is 11.5 Å². The Morgan fingerprint density at radius 1 is 0.659 bits per heavy atom. The van der Waals surface area contributed by atoms with Gasteiger partial charge in [-0.2, -0.15) is 0 Å². The molecule has 0 spiro atoms. The van der Waals surface area contributed by atoms with Gasteiger partial charge in [-0.3, -0.25) is 20.2 Å². The van der Waals surface area contributed by atoms with Crippen molar-refractivity contribution in [1.82, 2.24) is 9.97 Å². The molecule has 0 saturated heterocycles. The smallest absolute Gasteiger partial charge is 0.295 e. The Kier molecular flexibility index (Phi) is 7.78. The molecule has 41 heavy (non-hydrogen) atoms. The number of hydrogen-bond acceptors (Lipinski definition) is 11. The van der Waals surface area contributed by atoms with Crippen molar-refractivity contribution in [3.05, 3.63) is 83.3 Å². The van der Waals surface area contributed by atoms with Gasteiger partial charge in [-0.25, -0.2) is 9.97 Å². The van der Waals surface area contributed by atoms with Crippen LogP contribution < -0.4 is 15.4 Å². The predicted molar refractivity (Wildman–Crippen MR) is 152 cm³/mol. The van der Waals surface area contributed by atoms with Gasteiger partial charge in [0.1, 0.15) is 50.5 Å². The summed E-state index contributed by atoms with van der Waals surface area (Å²) >= 11 is 2.64. The van der Waals surface area contributed by atoms with Gasteiger partial charge in [0, 0.05) is 21.9 Å². The third-order valence-corrected chi connectivity index (χ3v) is 7.25. The van der Waals surface area contributed by atoms with Gasteiger partial charge in [0.15, 0.2) is 10.3 Å². The van der Waals surface area contributed by atoms with Crippen LogP contribution in [0.2, 0.25) is 0 Å². The lowest BCUT2D eigenvalue weighted by atomic mass is 10.1. The molecular weight excluding hydrogens is 568 g/mol. The number of carbonyl (C=O) groups is 2. The van der Waals surface area contributed by atoms with E-state index in [0.717, 1.165) is 22.5 Å². The number of hydrogen-bond donors (Lipinski definition) is 2. The maximum atomic E-state index is 12.3. The highest BCUT2D eigenvalue weighted by atomic mass is 32.1. The lowest BCUT2D eigenvalue weighted by Gasteiger charge is -2.14. The highest BCUT2D eigenvalue weighted by molar-refractivity contribution is 7.14. The normalized spacial score (nSPS) is 14.2. The molecule has 11 nitrogen and oxygen atoms in total. The molecule has 0 radical (unpaired) electrons. The number of anilines is 2. The van der Waals surface area contributed by atoms with Crippen LogP contribution in [0.25, 0.3) is 22.5 Å². The second-order valence-electron chi connectivity index (χ2n) is 8.54. The van der Waals surface area contributed by atoms with E-state index >= 15 is 0 Å². The molecule has 0 atom stereocenters. The zero-order valence-corrected chi connectivity index (χ0v) is 23.0. The van der Waals surface area contributed by atoms with Gasteiger partial charge in [-0.15, -0.1) is 22.7 Å². The predicted octanol–water partition coefficient (Wildman–Crippen LogP) is 5.38.